The number of hydrogen-bond donors (Lipinski definition) is 1. The molecule has 1 aromatic carbocycles. The number of halogens is 1. The van der Waals surface area contributed by atoms with Crippen molar-refractivity contribution in [2.24, 2.45) is 5.73 Å². The lowest BCUT2D eigenvalue weighted by Crippen LogP contribution is -1.96. The summed E-state index contributed by atoms with van der Waals surface area (Å²) in [4.78, 5) is 4.07. The van der Waals surface area contributed by atoms with E-state index < -0.39 is 0 Å². The number of pyridine rings is 1. The predicted molar refractivity (Wildman–Crippen MR) is 67.3 cm³/mol. The van der Waals surface area contributed by atoms with Gasteiger partial charge >= 0.3 is 0 Å². The van der Waals surface area contributed by atoms with E-state index in [1.54, 1.807) is 6.20 Å². The Kier molecular flexibility index (Phi) is 3.22. The highest BCUT2D eigenvalue weighted by atomic mass is 35.5. The molecule has 0 unspecified atom stereocenters. The van der Waals surface area contributed by atoms with Crippen molar-refractivity contribution in [1.29, 1.82) is 0 Å². The topological polar surface area (TPSA) is 38.9 Å². The van der Waals surface area contributed by atoms with Crippen molar-refractivity contribution in [1.82, 2.24) is 4.98 Å². The fourth-order valence-electron chi connectivity index (χ4n) is 1.68. The number of hydrogen-bond acceptors (Lipinski definition) is 2. The van der Waals surface area contributed by atoms with Gasteiger partial charge in [-0.05, 0) is 35.7 Å². The minimum Gasteiger partial charge on any atom is -0.326 e. The number of nitrogens with two attached hydrogens (primary N) is 1. The Hall–Kier alpha value is -1.38. The van der Waals surface area contributed by atoms with Crippen molar-refractivity contribution in [3.8, 4) is 11.1 Å². The first-order chi connectivity index (χ1) is 7.72. The molecule has 2 N–H and O–H groups in total. The molecule has 0 aliphatic heterocycles. The molecule has 0 saturated carbocycles. The van der Waals surface area contributed by atoms with Gasteiger partial charge in [0.25, 0.3) is 0 Å². The Morgan fingerprint density at radius 3 is 2.69 bits per heavy atom. The van der Waals surface area contributed by atoms with Crippen LogP contribution in [0.1, 0.15) is 11.1 Å². The van der Waals surface area contributed by atoms with Gasteiger partial charge in [-0.25, -0.2) is 0 Å². The van der Waals surface area contributed by atoms with Crippen LogP contribution in [0.25, 0.3) is 11.1 Å². The van der Waals surface area contributed by atoms with E-state index >= 15 is 0 Å². The highest BCUT2D eigenvalue weighted by Gasteiger charge is 2.06. The van der Waals surface area contributed by atoms with Crippen LogP contribution in [0.15, 0.2) is 36.7 Å². The van der Waals surface area contributed by atoms with E-state index in [2.05, 4.69) is 4.98 Å². The first kappa shape index (κ1) is 11.1. The zero-order valence-electron chi connectivity index (χ0n) is 9.07. The second-order valence-electron chi connectivity index (χ2n) is 3.71. The standard InChI is InChI=1S/C13H13ClN2/c1-9-8-16-5-4-11(9)12-3-2-10(7-15)6-13(12)14/h2-6,8H,7,15H2,1H3. The zero-order valence-corrected chi connectivity index (χ0v) is 9.83. The summed E-state index contributed by atoms with van der Waals surface area (Å²) in [5, 5.41) is 0.734. The lowest BCUT2D eigenvalue weighted by Gasteiger charge is -2.08. The molecule has 0 radical (unpaired) electrons. The molecule has 1 aromatic heterocycles. The molecule has 0 saturated heterocycles. The number of aryl methyl sites for hydroxylation is 1. The number of aromatic nitrogens is 1. The number of nitrogens with zero attached hydrogens (tertiary/aromatic N) is 1. The molecule has 2 nitrogen and oxygen atoms in total. The van der Waals surface area contributed by atoms with Crippen LogP contribution in [-0.2, 0) is 6.54 Å². The van der Waals surface area contributed by atoms with Crippen molar-refractivity contribution >= 4 is 11.6 Å². The molecule has 0 aliphatic rings. The third-order valence-electron chi connectivity index (χ3n) is 2.58. The monoisotopic (exact) mass is 232 g/mol. The largest absolute Gasteiger partial charge is 0.326 e. The average molecular weight is 233 g/mol. The van der Waals surface area contributed by atoms with Crippen LogP contribution in [0.4, 0.5) is 0 Å². The van der Waals surface area contributed by atoms with Gasteiger partial charge in [0.1, 0.15) is 0 Å². The van der Waals surface area contributed by atoms with Gasteiger partial charge in [-0.15, -0.1) is 0 Å². The molecular formula is C13H13ClN2. The highest BCUT2D eigenvalue weighted by molar-refractivity contribution is 6.33. The maximum absolute atomic E-state index is 6.24. The van der Waals surface area contributed by atoms with Crippen LogP contribution in [0, 0.1) is 6.92 Å². The van der Waals surface area contributed by atoms with Crippen molar-refractivity contribution in [3.63, 3.8) is 0 Å². The second kappa shape index (κ2) is 4.64. The molecule has 0 atom stereocenters. The summed E-state index contributed by atoms with van der Waals surface area (Å²) in [6.07, 6.45) is 3.61. The average Bonchev–Trinajstić information content (AvgIpc) is 2.30. The van der Waals surface area contributed by atoms with Crippen LogP contribution in [0.2, 0.25) is 5.02 Å². The summed E-state index contributed by atoms with van der Waals surface area (Å²) >= 11 is 6.24. The minimum atomic E-state index is 0.509. The molecule has 0 aliphatic carbocycles. The molecule has 16 heavy (non-hydrogen) atoms. The Bertz CT molecular complexity index is 509. The molecule has 1 heterocycles. The Morgan fingerprint density at radius 2 is 2.06 bits per heavy atom. The van der Waals surface area contributed by atoms with E-state index in [0.717, 1.165) is 27.3 Å². The predicted octanol–water partition coefficient (Wildman–Crippen LogP) is 3.17. The van der Waals surface area contributed by atoms with Crippen LogP contribution < -0.4 is 5.73 Å². The summed E-state index contributed by atoms with van der Waals surface area (Å²) in [7, 11) is 0. The van der Waals surface area contributed by atoms with Crippen LogP contribution >= 0.6 is 11.6 Å². The van der Waals surface area contributed by atoms with Gasteiger partial charge < -0.3 is 5.73 Å². The molecular weight excluding hydrogens is 220 g/mol. The first-order valence-corrected chi connectivity index (χ1v) is 5.49. The molecule has 3 heteroatoms. The van der Waals surface area contributed by atoms with E-state index in [1.807, 2.05) is 37.4 Å². The van der Waals surface area contributed by atoms with Gasteiger partial charge in [-0.2, -0.15) is 0 Å². The maximum Gasteiger partial charge on any atom is 0.0487 e. The number of rotatable bonds is 2. The van der Waals surface area contributed by atoms with Crippen molar-refractivity contribution < 1.29 is 0 Å². The second-order valence-corrected chi connectivity index (χ2v) is 4.12. The third-order valence-corrected chi connectivity index (χ3v) is 2.89. The summed E-state index contributed by atoms with van der Waals surface area (Å²) in [5.74, 6) is 0. The fraction of sp³-hybridized carbons (Fsp3) is 0.154. The van der Waals surface area contributed by atoms with Crippen molar-refractivity contribution in [2.75, 3.05) is 0 Å². The summed E-state index contributed by atoms with van der Waals surface area (Å²) < 4.78 is 0. The SMILES string of the molecule is Cc1cnccc1-c1ccc(CN)cc1Cl. The van der Waals surface area contributed by atoms with Crippen LogP contribution in [0.5, 0.6) is 0 Å². The molecule has 82 valence electrons. The van der Waals surface area contributed by atoms with E-state index in [9.17, 15) is 0 Å². The third kappa shape index (κ3) is 2.08. The maximum atomic E-state index is 6.24. The first-order valence-electron chi connectivity index (χ1n) is 5.12. The van der Waals surface area contributed by atoms with Gasteiger partial charge in [0.15, 0.2) is 0 Å². The molecule has 2 rings (SSSR count). The van der Waals surface area contributed by atoms with Gasteiger partial charge in [0.2, 0.25) is 0 Å². The van der Waals surface area contributed by atoms with E-state index in [4.69, 9.17) is 17.3 Å². The zero-order chi connectivity index (χ0) is 11.5. The quantitative estimate of drug-likeness (QED) is 0.864. The Morgan fingerprint density at radius 1 is 1.25 bits per heavy atom. The lowest BCUT2D eigenvalue weighted by atomic mass is 10.0. The van der Waals surface area contributed by atoms with E-state index in [-0.39, 0.29) is 0 Å². The van der Waals surface area contributed by atoms with Crippen molar-refractivity contribution in [2.45, 2.75) is 13.5 Å². The fourth-order valence-corrected chi connectivity index (χ4v) is 1.98. The molecule has 2 aromatic rings. The molecule has 0 spiro atoms. The van der Waals surface area contributed by atoms with Gasteiger partial charge in [-0.1, -0.05) is 23.7 Å². The van der Waals surface area contributed by atoms with Gasteiger partial charge in [0, 0.05) is 29.5 Å². The Labute approximate surface area is 100 Å². The van der Waals surface area contributed by atoms with Gasteiger partial charge in [0.05, 0.1) is 0 Å². The smallest absolute Gasteiger partial charge is 0.0487 e. The summed E-state index contributed by atoms with van der Waals surface area (Å²) in [6, 6.07) is 7.89. The molecule has 0 fully saturated rings. The van der Waals surface area contributed by atoms with E-state index in [0.29, 0.717) is 6.54 Å². The Balaban J connectivity index is 2.53. The summed E-state index contributed by atoms with van der Waals surface area (Å²) in [6.45, 7) is 2.53. The van der Waals surface area contributed by atoms with Crippen molar-refractivity contribution in [3.05, 3.63) is 52.8 Å². The highest BCUT2D eigenvalue weighted by Crippen LogP contribution is 2.30. The molecule has 0 amide bonds. The van der Waals surface area contributed by atoms with Crippen LogP contribution in [0.3, 0.4) is 0 Å². The van der Waals surface area contributed by atoms with Gasteiger partial charge in [-0.3, -0.25) is 4.98 Å². The number of benzene rings is 1. The lowest BCUT2D eigenvalue weighted by molar-refractivity contribution is 1.07. The molecule has 0 bridgehead atoms. The van der Waals surface area contributed by atoms with Crippen LogP contribution in [-0.4, -0.2) is 4.98 Å². The normalized spacial score (nSPS) is 10.4. The minimum absolute atomic E-state index is 0.509. The van der Waals surface area contributed by atoms with E-state index in [1.165, 1.54) is 0 Å². The summed E-state index contributed by atoms with van der Waals surface area (Å²) in [5.41, 5.74) is 9.87.